The van der Waals surface area contributed by atoms with Gasteiger partial charge in [0.1, 0.15) is 6.54 Å². The highest BCUT2D eigenvalue weighted by Gasteiger charge is 2.31. The highest BCUT2D eigenvalue weighted by Crippen LogP contribution is 2.26. The summed E-state index contributed by atoms with van der Waals surface area (Å²) in [6.07, 6.45) is 0.396. The average Bonchev–Trinajstić information content (AvgIpc) is 2.37. The van der Waals surface area contributed by atoms with Crippen LogP contribution in [0.15, 0.2) is 29.2 Å². The van der Waals surface area contributed by atoms with Gasteiger partial charge in [0, 0.05) is 12.6 Å². The van der Waals surface area contributed by atoms with Gasteiger partial charge in [0.15, 0.2) is 4.90 Å². The van der Waals surface area contributed by atoms with Gasteiger partial charge in [-0.05, 0) is 12.5 Å². The Hall–Kier alpha value is -2.00. The van der Waals surface area contributed by atoms with Gasteiger partial charge in [-0.3, -0.25) is 14.9 Å². The van der Waals surface area contributed by atoms with Gasteiger partial charge in [0.05, 0.1) is 4.92 Å². The number of nitro benzene ring substituents is 1. The van der Waals surface area contributed by atoms with Crippen molar-refractivity contribution in [3.8, 4) is 0 Å². The zero-order valence-electron chi connectivity index (χ0n) is 10.7. The van der Waals surface area contributed by atoms with Crippen LogP contribution >= 0.6 is 0 Å². The molecular formula is C11H14N2O6S. The van der Waals surface area contributed by atoms with Gasteiger partial charge in [-0.25, -0.2) is 8.42 Å². The summed E-state index contributed by atoms with van der Waals surface area (Å²) in [7, 11) is -4.22. The van der Waals surface area contributed by atoms with Gasteiger partial charge in [-0.15, -0.1) is 0 Å². The van der Waals surface area contributed by atoms with Crippen molar-refractivity contribution >= 4 is 21.7 Å². The van der Waals surface area contributed by atoms with E-state index >= 15 is 0 Å². The monoisotopic (exact) mass is 302 g/mol. The number of benzene rings is 1. The van der Waals surface area contributed by atoms with Crippen molar-refractivity contribution < 1.29 is 23.2 Å². The average molecular weight is 302 g/mol. The number of hydrogen-bond acceptors (Lipinski definition) is 5. The number of carbonyl (C=O) groups is 1. The lowest BCUT2D eigenvalue weighted by Gasteiger charge is -2.19. The SMILES string of the molecule is CCCN(CC(=O)O)S(=O)(=O)c1ccccc1[N+](=O)[O-]. The smallest absolute Gasteiger partial charge is 0.318 e. The van der Waals surface area contributed by atoms with Crippen molar-refractivity contribution in [1.82, 2.24) is 4.31 Å². The molecule has 0 aromatic heterocycles. The van der Waals surface area contributed by atoms with E-state index in [1.165, 1.54) is 12.1 Å². The molecule has 110 valence electrons. The zero-order valence-corrected chi connectivity index (χ0v) is 11.5. The van der Waals surface area contributed by atoms with Crippen LogP contribution in [0, 0.1) is 10.1 Å². The molecule has 0 fully saturated rings. The third-order valence-corrected chi connectivity index (χ3v) is 4.36. The second kappa shape index (κ2) is 6.44. The van der Waals surface area contributed by atoms with Gasteiger partial charge in [0.2, 0.25) is 10.0 Å². The van der Waals surface area contributed by atoms with E-state index in [1.54, 1.807) is 6.92 Å². The molecule has 8 nitrogen and oxygen atoms in total. The second-order valence-electron chi connectivity index (χ2n) is 3.96. The third-order valence-electron chi connectivity index (χ3n) is 2.46. The van der Waals surface area contributed by atoms with E-state index in [4.69, 9.17) is 5.11 Å². The summed E-state index contributed by atoms with van der Waals surface area (Å²) >= 11 is 0. The number of sulfonamides is 1. The lowest BCUT2D eigenvalue weighted by atomic mass is 10.3. The molecule has 20 heavy (non-hydrogen) atoms. The van der Waals surface area contributed by atoms with E-state index in [-0.39, 0.29) is 6.54 Å². The standard InChI is InChI=1S/C11H14N2O6S/c1-2-7-12(8-11(14)15)20(18,19)10-6-4-3-5-9(10)13(16)17/h3-6H,2,7-8H2,1H3,(H,14,15). The van der Waals surface area contributed by atoms with E-state index in [9.17, 15) is 23.3 Å². The van der Waals surface area contributed by atoms with Crippen molar-refractivity contribution in [2.45, 2.75) is 18.2 Å². The van der Waals surface area contributed by atoms with E-state index < -0.39 is 38.0 Å². The summed E-state index contributed by atoms with van der Waals surface area (Å²) in [6, 6.07) is 4.86. The highest BCUT2D eigenvalue weighted by molar-refractivity contribution is 7.89. The van der Waals surface area contributed by atoms with Crippen molar-refractivity contribution in [2.24, 2.45) is 0 Å². The van der Waals surface area contributed by atoms with Crippen LogP contribution in [0.4, 0.5) is 5.69 Å². The van der Waals surface area contributed by atoms with Crippen LogP contribution in [0.2, 0.25) is 0 Å². The normalized spacial score (nSPS) is 11.5. The first kappa shape index (κ1) is 16.1. The molecule has 9 heteroatoms. The predicted molar refractivity (Wildman–Crippen MR) is 69.8 cm³/mol. The Morgan fingerprint density at radius 2 is 2.00 bits per heavy atom. The van der Waals surface area contributed by atoms with E-state index in [1.807, 2.05) is 0 Å². The number of para-hydroxylation sites is 1. The third kappa shape index (κ3) is 3.52. The summed E-state index contributed by atoms with van der Waals surface area (Å²) < 4.78 is 25.4. The summed E-state index contributed by atoms with van der Waals surface area (Å²) in [6.45, 7) is 0.923. The molecule has 0 saturated carbocycles. The largest absolute Gasteiger partial charge is 0.480 e. The molecule has 1 rings (SSSR count). The van der Waals surface area contributed by atoms with Crippen molar-refractivity contribution in [3.05, 3.63) is 34.4 Å². The van der Waals surface area contributed by atoms with Crippen LogP contribution in [-0.4, -0.2) is 41.8 Å². The summed E-state index contributed by atoms with van der Waals surface area (Å²) in [5.41, 5.74) is -0.570. The summed E-state index contributed by atoms with van der Waals surface area (Å²) in [5, 5.41) is 19.6. The summed E-state index contributed by atoms with van der Waals surface area (Å²) in [4.78, 5) is 20.3. The fourth-order valence-corrected chi connectivity index (χ4v) is 3.29. The minimum absolute atomic E-state index is 0.0271. The van der Waals surface area contributed by atoms with E-state index in [0.29, 0.717) is 6.42 Å². The van der Waals surface area contributed by atoms with Crippen LogP contribution in [0.1, 0.15) is 13.3 Å². The number of rotatable bonds is 7. The Kier molecular flexibility index (Phi) is 5.17. The molecule has 1 aromatic rings. The number of nitro groups is 1. The lowest BCUT2D eigenvalue weighted by molar-refractivity contribution is -0.387. The predicted octanol–water partition coefficient (Wildman–Crippen LogP) is 1.08. The molecule has 0 heterocycles. The quantitative estimate of drug-likeness (QED) is 0.594. The minimum atomic E-state index is -4.22. The van der Waals surface area contributed by atoms with Crippen LogP contribution in [0.5, 0.6) is 0 Å². The van der Waals surface area contributed by atoms with E-state index in [2.05, 4.69) is 0 Å². The minimum Gasteiger partial charge on any atom is -0.480 e. The maximum Gasteiger partial charge on any atom is 0.318 e. The Bertz CT molecular complexity index is 613. The molecule has 0 amide bonds. The number of aliphatic carboxylic acids is 1. The van der Waals surface area contributed by atoms with Crippen LogP contribution in [-0.2, 0) is 14.8 Å². The highest BCUT2D eigenvalue weighted by atomic mass is 32.2. The Labute approximate surface area is 115 Å². The Morgan fingerprint density at radius 1 is 1.40 bits per heavy atom. The maximum atomic E-state index is 12.3. The number of carboxylic acid groups (broad SMARTS) is 1. The zero-order chi connectivity index (χ0) is 15.3. The molecule has 0 saturated heterocycles. The molecule has 0 bridgehead atoms. The van der Waals surface area contributed by atoms with Crippen molar-refractivity contribution in [3.63, 3.8) is 0 Å². The maximum absolute atomic E-state index is 12.3. The first-order chi connectivity index (χ1) is 9.30. The fourth-order valence-electron chi connectivity index (χ4n) is 1.65. The molecule has 1 aromatic carbocycles. The molecule has 0 radical (unpaired) electrons. The molecule has 0 aliphatic carbocycles. The molecule has 0 aliphatic rings. The van der Waals surface area contributed by atoms with Crippen LogP contribution in [0.25, 0.3) is 0 Å². The number of nitrogens with zero attached hydrogens (tertiary/aromatic N) is 2. The van der Waals surface area contributed by atoms with Crippen molar-refractivity contribution in [2.75, 3.05) is 13.1 Å². The van der Waals surface area contributed by atoms with Gasteiger partial charge in [-0.2, -0.15) is 4.31 Å². The van der Waals surface area contributed by atoms with Crippen molar-refractivity contribution in [1.29, 1.82) is 0 Å². The van der Waals surface area contributed by atoms with Gasteiger partial charge in [-0.1, -0.05) is 19.1 Å². The Balaban J connectivity index is 3.33. The topological polar surface area (TPSA) is 118 Å². The molecule has 0 atom stereocenters. The first-order valence-electron chi connectivity index (χ1n) is 5.76. The van der Waals surface area contributed by atoms with E-state index in [0.717, 1.165) is 16.4 Å². The molecule has 0 aliphatic heterocycles. The van der Waals surface area contributed by atoms with Crippen LogP contribution in [0.3, 0.4) is 0 Å². The molecular weight excluding hydrogens is 288 g/mol. The number of hydrogen-bond donors (Lipinski definition) is 1. The lowest BCUT2D eigenvalue weighted by Crippen LogP contribution is -2.36. The number of carboxylic acids is 1. The van der Waals surface area contributed by atoms with Gasteiger partial charge >= 0.3 is 5.97 Å². The fraction of sp³-hybridized carbons (Fsp3) is 0.364. The Morgan fingerprint density at radius 3 is 2.50 bits per heavy atom. The van der Waals surface area contributed by atoms with Gasteiger partial charge in [0.25, 0.3) is 5.69 Å². The summed E-state index contributed by atoms with van der Waals surface area (Å²) in [5.74, 6) is -1.32. The second-order valence-corrected chi connectivity index (χ2v) is 5.86. The molecule has 1 N–H and O–H groups in total. The van der Waals surface area contributed by atoms with Crippen LogP contribution < -0.4 is 0 Å². The first-order valence-corrected chi connectivity index (χ1v) is 7.20. The van der Waals surface area contributed by atoms with Gasteiger partial charge < -0.3 is 5.11 Å². The molecule has 0 unspecified atom stereocenters. The molecule has 0 spiro atoms.